The fourth-order valence-electron chi connectivity index (χ4n) is 2.96. The summed E-state index contributed by atoms with van der Waals surface area (Å²) in [4.78, 5) is 25.5. The molecule has 0 radical (unpaired) electrons. The minimum absolute atomic E-state index is 0.0121. The Morgan fingerprint density at radius 2 is 1.77 bits per heavy atom. The first-order valence-corrected chi connectivity index (χ1v) is 10.2. The van der Waals surface area contributed by atoms with Gasteiger partial charge >= 0.3 is 6.18 Å². The highest BCUT2D eigenvalue weighted by atomic mass is 32.2. The Morgan fingerprint density at radius 3 is 2.39 bits per heavy atom. The maximum absolute atomic E-state index is 13.0. The number of nitrogens with one attached hydrogen (secondary N) is 1. The summed E-state index contributed by atoms with van der Waals surface area (Å²) in [6, 6.07) is 13.0. The van der Waals surface area contributed by atoms with E-state index in [4.69, 9.17) is 0 Å². The zero-order chi connectivity index (χ0) is 22.8. The van der Waals surface area contributed by atoms with Crippen LogP contribution >= 0.6 is 0 Å². The number of anilines is 1. The van der Waals surface area contributed by atoms with Crippen LogP contribution in [-0.2, 0) is 23.0 Å². The largest absolute Gasteiger partial charge is 0.772 e. The minimum atomic E-state index is -4.58. The van der Waals surface area contributed by atoms with Crippen molar-refractivity contribution in [2.75, 3.05) is 5.32 Å². The van der Waals surface area contributed by atoms with Gasteiger partial charge < -0.3 is 9.87 Å². The molecule has 0 saturated carbocycles. The molecule has 0 bridgehead atoms. The second-order valence-electron chi connectivity index (χ2n) is 6.68. The predicted octanol–water partition coefficient (Wildman–Crippen LogP) is 3.80. The monoisotopic (exact) mass is 449 g/mol. The number of aryl methyl sites for hydroxylation is 1. The molecular weight excluding hydrogens is 433 g/mol. The molecule has 1 atom stereocenters. The highest BCUT2D eigenvalue weighted by Gasteiger charge is 2.30. The molecule has 3 aromatic rings. The number of benzene rings is 2. The molecule has 31 heavy (non-hydrogen) atoms. The van der Waals surface area contributed by atoms with Gasteiger partial charge in [0.2, 0.25) is 0 Å². The van der Waals surface area contributed by atoms with Crippen LogP contribution < -0.4 is 10.9 Å². The lowest BCUT2D eigenvalue weighted by Gasteiger charge is -2.14. The van der Waals surface area contributed by atoms with E-state index in [1.165, 1.54) is 48.5 Å². The second-order valence-corrected chi connectivity index (χ2v) is 7.57. The number of hydrogen-bond acceptors (Lipinski definition) is 4. The van der Waals surface area contributed by atoms with Crippen molar-refractivity contribution < 1.29 is 26.7 Å². The van der Waals surface area contributed by atoms with Crippen LogP contribution in [0.25, 0.3) is 5.69 Å². The van der Waals surface area contributed by atoms with E-state index in [9.17, 15) is 31.5 Å². The Labute approximate surface area is 177 Å². The number of amides is 1. The van der Waals surface area contributed by atoms with E-state index < -0.39 is 34.3 Å². The quantitative estimate of drug-likeness (QED) is 0.600. The van der Waals surface area contributed by atoms with Crippen LogP contribution in [0.2, 0.25) is 0 Å². The third-order valence-electron chi connectivity index (χ3n) is 4.45. The van der Waals surface area contributed by atoms with E-state index in [1.54, 1.807) is 6.92 Å². The second kappa shape index (κ2) is 8.86. The molecule has 1 amide bonds. The molecule has 0 saturated heterocycles. The number of carbonyl (C=O) groups is 1. The number of halogens is 3. The average molecular weight is 449 g/mol. The van der Waals surface area contributed by atoms with E-state index in [1.807, 2.05) is 0 Å². The Balaban J connectivity index is 1.93. The van der Waals surface area contributed by atoms with Crippen LogP contribution in [0.1, 0.15) is 27.2 Å². The highest BCUT2D eigenvalue weighted by molar-refractivity contribution is 7.78. The summed E-state index contributed by atoms with van der Waals surface area (Å²) in [7, 11) is 0. The molecule has 0 aliphatic rings. The number of pyridine rings is 1. The smallest absolute Gasteiger partial charge is 0.416 e. The first-order valence-electron chi connectivity index (χ1n) is 8.92. The topological polar surface area (TPSA) is 91.2 Å². The van der Waals surface area contributed by atoms with Gasteiger partial charge in [0.1, 0.15) is 5.56 Å². The number of carbonyl (C=O) groups excluding carboxylic acids is 1. The summed E-state index contributed by atoms with van der Waals surface area (Å²) in [6.45, 7) is 1.54. The molecule has 0 spiro atoms. The van der Waals surface area contributed by atoms with Gasteiger partial charge in [-0.15, -0.1) is 0 Å². The number of hydrogen-bond donors (Lipinski definition) is 1. The summed E-state index contributed by atoms with van der Waals surface area (Å²) in [6.07, 6.45) is -4.58. The van der Waals surface area contributed by atoms with Crippen molar-refractivity contribution >= 4 is 22.7 Å². The van der Waals surface area contributed by atoms with E-state index in [2.05, 4.69) is 5.32 Å². The maximum Gasteiger partial charge on any atom is 0.416 e. The molecule has 1 heterocycles. The van der Waals surface area contributed by atoms with Crippen molar-refractivity contribution in [2.24, 2.45) is 0 Å². The third kappa shape index (κ3) is 5.28. The summed E-state index contributed by atoms with van der Waals surface area (Å²) in [5.41, 5.74) is -0.740. The van der Waals surface area contributed by atoms with Crippen LogP contribution in [0.3, 0.4) is 0 Å². The van der Waals surface area contributed by atoms with Crippen molar-refractivity contribution in [3.05, 3.63) is 93.4 Å². The normalized spacial score (nSPS) is 12.4. The summed E-state index contributed by atoms with van der Waals surface area (Å²) >= 11 is -2.25. The van der Waals surface area contributed by atoms with Crippen LogP contribution in [-0.4, -0.2) is 19.2 Å². The SMILES string of the molecule is Cc1ccc(C(=O)Nc2ccc(CS(=O)[O-])cc2)c(=O)n1-c1cccc(C(F)(F)F)c1. The van der Waals surface area contributed by atoms with Gasteiger partial charge in [0.05, 0.1) is 5.56 Å². The molecule has 1 aromatic heterocycles. The lowest BCUT2D eigenvalue weighted by molar-refractivity contribution is -0.137. The van der Waals surface area contributed by atoms with E-state index in [0.717, 1.165) is 16.7 Å². The number of nitrogens with zero attached hydrogens (tertiary/aromatic N) is 1. The van der Waals surface area contributed by atoms with Crippen LogP contribution in [0.5, 0.6) is 0 Å². The van der Waals surface area contributed by atoms with Gasteiger partial charge in [0.25, 0.3) is 11.5 Å². The lowest BCUT2D eigenvalue weighted by atomic mass is 10.1. The van der Waals surface area contributed by atoms with Gasteiger partial charge in [-0.3, -0.25) is 18.4 Å². The molecule has 3 rings (SSSR count). The molecule has 0 aliphatic carbocycles. The van der Waals surface area contributed by atoms with Crippen LogP contribution in [0.15, 0.2) is 65.5 Å². The predicted molar refractivity (Wildman–Crippen MR) is 109 cm³/mol. The fraction of sp³-hybridized carbons (Fsp3) is 0.143. The van der Waals surface area contributed by atoms with Crippen LogP contribution in [0, 0.1) is 6.92 Å². The molecule has 0 fully saturated rings. The van der Waals surface area contributed by atoms with Crippen molar-refractivity contribution in [1.29, 1.82) is 0 Å². The first kappa shape index (κ1) is 22.4. The van der Waals surface area contributed by atoms with Crippen molar-refractivity contribution in [2.45, 2.75) is 18.9 Å². The molecule has 10 heteroatoms. The lowest BCUT2D eigenvalue weighted by Crippen LogP contribution is -2.29. The Kier molecular flexibility index (Phi) is 6.42. The highest BCUT2D eigenvalue weighted by Crippen LogP contribution is 2.30. The Bertz CT molecular complexity index is 1200. The minimum Gasteiger partial charge on any atom is -0.772 e. The van der Waals surface area contributed by atoms with E-state index >= 15 is 0 Å². The zero-order valence-corrected chi connectivity index (χ0v) is 16.9. The van der Waals surface area contributed by atoms with E-state index in [-0.39, 0.29) is 17.0 Å². The third-order valence-corrected chi connectivity index (χ3v) is 5.02. The summed E-state index contributed by atoms with van der Waals surface area (Å²) in [5, 5.41) is 2.53. The first-order chi connectivity index (χ1) is 14.6. The summed E-state index contributed by atoms with van der Waals surface area (Å²) < 4.78 is 61.7. The molecule has 162 valence electrons. The number of rotatable bonds is 5. The molecule has 1 unspecified atom stereocenters. The molecule has 2 aromatic carbocycles. The van der Waals surface area contributed by atoms with Gasteiger partial charge in [-0.1, -0.05) is 29.3 Å². The molecule has 0 aliphatic heterocycles. The maximum atomic E-state index is 13.0. The standard InChI is InChI=1S/C21H17F3N2O4S/c1-13-5-10-18(19(27)25-16-8-6-14(7-9-16)12-31(29)30)20(28)26(13)17-4-2-3-15(11-17)21(22,23)24/h2-11H,12H2,1H3,(H,25,27)(H,29,30)/p-1. The number of alkyl halides is 3. The van der Waals surface area contributed by atoms with Crippen molar-refractivity contribution in [3.63, 3.8) is 0 Å². The van der Waals surface area contributed by atoms with Gasteiger partial charge in [0, 0.05) is 22.8 Å². The molecular formula is C21H16F3N2O4S-. The molecule has 6 nitrogen and oxygen atoms in total. The van der Waals surface area contributed by atoms with Gasteiger partial charge in [-0.2, -0.15) is 13.2 Å². The average Bonchev–Trinajstić information content (AvgIpc) is 2.69. The molecule has 1 N–H and O–H groups in total. The Hall–Kier alpha value is -3.24. The number of aromatic nitrogens is 1. The van der Waals surface area contributed by atoms with Crippen molar-refractivity contribution in [3.8, 4) is 5.69 Å². The van der Waals surface area contributed by atoms with Gasteiger partial charge in [-0.05, 0) is 55.0 Å². The fourth-order valence-corrected chi connectivity index (χ4v) is 3.43. The van der Waals surface area contributed by atoms with E-state index in [0.29, 0.717) is 16.9 Å². The van der Waals surface area contributed by atoms with Crippen molar-refractivity contribution in [1.82, 2.24) is 4.57 Å². The van der Waals surface area contributed by atoms with Gasteiger partial charge in [-0.25, -0.2) is 0 Å². The van der Waals surface area contributed by atoms with Gasteiger partial charge in [0.15, 0.2) is 0 Å². The summed E-state index contributed by atoms with van der Waals surface area (Å²) in [5.74, 6) is -0.917. The zero-order valence-electron chi connectivity index (χ0n) is 16.1. The van der Waals surface area contributed by atoms with Crippen LogP contribution in [0.4, 0.5) is 18.9 Å². The Morgan fingerprint density at radius 1 is 1.10 bits per heavy atom.